The van der Waals surface area contributed by atoms with Crippen LogP contribution in [0, 0.1) is 22.6 Å². The van der Waals surface area contributed by atoms with Crippen molar-refractivity contribution < 1.29 is 9.50 Å². The minimum atomic E-state index is -1.09. The van der Waals surface area contributed by atoms with Crippen LogP contribution in [0.4, 0.5) is 4.39 Å². The Morgan fingerprint density at radius 2 is 2.19 bits per heavy atom. The number of hydrogen-bond acceptors (Lipinski definition) is 2. The van der Waals surface area contributed by atoms with Crippen LogP contribution in [-0.4, -0.2) is 5.11 Å². The number of rotatable bonds is 2. The van der Waals surface area contributed by atoms with Gasteiger partial charge in [-0.3, -0.25) is 0 Å². The van der Waals surface area contributed by atoms with E-state index in [2.05, 4.69) is 6.07 Å². The number of benzene rings is 1. The van der Waals surface area contributed by atoms with Crippen molar-refractivity contribution in [3.63, 3.8) is 0 Å². The van der Waals surface area contributed by atoms with Crippen molar-refractivity contribution in [1.29, 1.82) is 5.26 Å². The molecule has 2 nitrogen and oxygen atoms in total. The lowest BCUT2D eigenvalue weighted by Gasteiger charge is -2.39. The molecule has 84 valence electrons. The number of aliphatic hydroxyl groups is 1. The molecular formula is C12H11ClFNO. The number of halogens is 2. The molecule has 0 heterocycles. The van der Waals surface area contributed by atoms with E-state index >= 15 is 0 Å². The highest BCUT2D eigenvalue weighted by atomic mass is 35.5. The van der Waals surface area contributed by atoms with Crippen LogP contribution in [0.1, 0.15) is 30.9 Å². The Balaban J connectivity index is 2.38. The molecule has 0 radical (unpaired) electrons. The number of hydrogen-bond donors (Lipinski definition) is 1. The van der Waals surface area contributed by atoms with Gasteiger partial charge in [-0.25, -0.2) is 4.39 Å². The van der Waals surface area contributed by atoms with E-state index in [4.69, 9.17) is 16.9 Å². The molecule has 1 aliphatic rings. The number of nitriles is 1. The third kappa shape index (κ3) is 1.59. The number of nitrogens with zero attached hydrogens (tertiary/aromatic N) is 1. The van der Waals surface area contributed by atoms with Gasteiger partial charge in [0, 0.05) is 5.56 Å². The summed E-state index contributed by atoms with van der Waals surface area (Å²) in [6.45, 7) is 0. The normalized spacial score (nSPS) is 19.6. The third-order valence-electron chi connectivity index (χ3n) is 3.27. The first-order valence-corrected chi connectivity index (χ1v) is 5.52. The topological polar surface area (TPSA) is 44.0 Å². The van der Waals surface area contributed by atoms with Crippen LogP contribution in [0.3, 0.4) is 0 Å². The van der Waals surface area contributed by atoms with Gasteiger partial charge in [-0.1, -0.05) is 30.2 Å². The van der Waals surface area contributed by atoms with Crippen molar-refractivity contribution >= 4 is 11.6 Å². The van der Waals surface area contributed by atoms with Gasteiger partial charge in [-0.05, 0) is 18.9 Å². The Kier molecular flexibility index (Phi) is 2.88. The lowest BCUT2D eigenvalue weighted by atomic mass is 9.64. The van der Waals surface area contributed by atoms with E-state index in [0.717, 1.165) is 6.42 Å². The van der Waals surface area contributed by atoms with Gasteiger partial charge in [0.05, 0.1) is 16.5 Å². The van der Waals surface area contributed by atoms with Crippen LogP contribution in [0.15, 0.2) is 18.2 Å². The van der Waals surface area contributed by atoms with Crippen molar-refractivity contribution in [2.45, 2.75) is 25.4 Å². The Morgan fingerprint density at radius 1 is 1.50 bits per heavy atom. The maximum absolute atomic E-state index is 13.7. The summed E-state index contributed by atoms with van der Waals surface area (Å²) in [5.41, 5.74) is -0.709. The quantitative estimate of drug-likeness (QED) is 0.861. The molecule has 1 atom stereocenters. The van der Waals surface area contributed by atoms with Crippen LogP contribution < -0.4 is 0 Å². The average Bonchev–Trinajstić information content (AvgIpc) is 2.21. The smallest absolute Gasteiger partial charge is 0.147 e. The molecule has 0 spiro atoms. The lowest BCUT2D eigenvalue weighted by Crippen LogP contribution is -2.35. The fourth-order valence-corrected chi connectivity index (χ4v) is 2.22. The van der Waals surface area contributed by atoms with Gasteiger partial charge in [-0.2, -0.15) is 5.26 Å². The maximum Gasteiger partial charge on any atom is 0.147 e. The summed E-state index contributed by atoms with van der Waals surface area (Å²) in [6, 6.07) is 6.58. The third-order valence-corrected chi connectivity index (χ3v) is 3.56. The van der Waals surface area contributed by atoms with Gasteiger partial charge in [0.15, 0.2) is 0 Å². The van der Waals surface area contributed by atoms with Gasteiger partial charge in [0.2, 0.25) is 0 Å². The van der Waals surface area contributed by atoms with Crippen LogP contribution >= 0.6 is 11.6 Å². The standard InChI is InChI=1S/C12H11ClFNO/c13-9-4-1-3-8(10(9)14)11(16)12(7-15)5-2-6-12/h1,3-4,11,16H,2,5-6H2. The van der Waals surface area contributed by atoms with E-state index in [1.165, 1.54) is 12.1 Å². The molecule has 1 saturated carbocycles. The molecule has 0 bridgehead atoms. The highest BCUT2D eigenvalue weighted by Gasteiger charge is 2.45. The monoisotopic (exact) mass is 239 g/mol. The summed E-state index contributed by atoms with van der Waals surface area (Å²) in [6.07, 6.45) is 1.02. The highest BCUT2D eigenvalue weighted by molar-refractivity contribution is 6.30. The predicted octanol–water partition coefficient (Wildman–Crippen LogP) is 3.21. The summed E-state index contributed by atoms with van der Waals surface area (Å²) in [5.74, 6) is -0.627. The van der Waals surface area contributed by atoms with E-state index in [9.17, 15) is 9.50 Å². The summed E-state index contributed by atoms with van der Waals surface area (Å²) in [7, 11) is 0. The second kappa shape index (κ2) is 4.04. The van der Waals surface area contributed by atoms with Gasteiger partial charge in [0.25, 0.3) is 0 Å². The fraction of sp³-hybridized carbons (Fsp3) is 0.417. The van der Waals surface area contributed by atoms with Gasteiger partial charge < -0.3 is 5.11 Å². The molecule has 1 aliphatic carbocycles. The SMILES string of the molecule is N#CC1(C(O)c2cccc(Cl)c2F)CCC1. The van der Waals surface area contributed by atoms with E-state index in [0.29, 0.717) is 12.8 Å². The molecule has 1 N–H and O–H groups in total. The Hall–Kier alpha value is -1.11. The summed E-state index contributed by atoms with van der Waals surface area (Å²) < 4.78 is 13.7. The first-order valence-electron chi connectivity index (χ1n) is 5.14. The zero-order valence-electron chi connectivity index (χ0n) is 8.58. The van der Waals surface area contributed by atoms with E-state index in [-0.39, 0.29) is 10.6 Å². The average molecular weight is 240 g/mol. The van der Waals surface area contributed by atoms with Crippen molar-refractivity contribution in [1.82, 2.24) is 0 Å². The lowest BCUT2D eigenvalue weighted by molar-refractivity contribution is 0.00566. The Labute approximate surface area is 98.3 Å². The summed E-state index contributed by atoms with van der Waals surface area (Å²) in [5, 5.41) is 19.1. The van der Waals surface area contributed by atoms with E-state index < -0.39 is 17.3 Å². The first kappa shape index (κ1) is 11.4. The molecule has 0 aromatic heterocycles. The van der Waals surface area contributed by atoms with E-state index in [1.54, 1.807) is 6.07 Å². The maximum atomic E-state index is 13.7. The van der Waals surface area contributed by atoms with Gasteiger partial charge >= 0.3 is 0 Å². The summed E-state index contributed by atoms with van der Waals surface area (Å²) in [4.78, 5) is 0. The van der Waals surface area contributed by atoms with Crippen LogP contribution in [-0.2, 0) is 0 Å². The molecule has 16 heavy (non-hydrogen) atoms. The first-order chi connectivity index (χ1) is 7.60. The van der Waals surface area contributed by atoms with Gasteiger partial charge in [0.1, 0.15) is 11.9 Å². The fourth-order valence-electron chi connectivity index (χ4n) is 2.03. The van der Waals surface area contributed by atoms with Crippen LogP contribution in [0.25, 0.3) is 0 Å². The Morgan fingerprint density at radius 3 is 2.69 bits per heavy atom. The van der Waals surface area contributed by atoms with Gasteiger partial charge in [-0.15, -0.1) is 0 Å². The highest BCUT2D eigenvalue weighted by Crippen LogP contribution is 2.50. The minimum absolute atomic E-state index is 0.0241. The zero-order chi connectivity index (χ0) is 11.8. The van der Waals surface area contributed by atoms with Crippen molar-refractivity contribution in [3.8, 4) is 6.07 Å². The summed E-state index contributed by atoms with van der Waals surface area (Å²) >= 11 is 5.64. The Bertz CT molecular complexity index is 451. The predicted molar refractivity (Wildman–Crippen MR) is 58.3 cm³/mol. The second-order valence-corrected chi connectivity index (χ2v) is 4.57. The van der Waals surface area contributed by atoms with Crippen LogP contribution in [0.2, 0.25) is 5.02 Å². The van der Waals surface area contributed by atoms with Crippen molar-refractivity contribution in [2.24, 2.45) is 5.41 Å². The molecule has 0 saturated heterocycles. The molecule has 4 heteroatoms. The molecule has 1 fully saturated rings. The molecule has 0 amide bonds. The molecular weight excluding hydrogens is 229 g/mol. The minimum Gasteiger partial charge on any atom is -0.387 e. The largest absolute Gasteiger partial charge is 0.387 e. The van der Waals surface area contributed by atoms with Crippen molar-refractivity contribution in [2.75, 3.05) is 0 Å². The molecule has 0 aliphatic heterocycles. The molecule has 1 unspecified atom stereocenters. The molecule has 2 rings (SSSR count). The second-order valence-electron chi connectivity index (χ2n) is 4.17. The van der Waals surface area contributed by atoms with Crippen LogP contribution in [0.5, 0.6) is 0 Å². The van der Waals surface area contributed by atoms with E-state index in [1.807, 2.05) is 0 Å². The van der Waals surface area contributed by atoms with Crippen molar-refractivity contribution in [3.05, 3.63) is 34.6 Å². The molecule has 1 aromatic rings. The zero-order valence-corrected chi connectivity index (χ0v) is 9.34. The number of aliphatic hydroxyl groups excluding tert-OH is 1. The molecule has 1 aromatic carbocycles.